The summed E-state index contributed by atoms with van der Waals surface area (Å²) in [6.45, 7) is 0. The van der Waals surface area contributed by atoms with Gasteiger partial charge in [-0.15, -0.1) is 0 Å². The van der Waals surface area contributed by atoms with Crippen LogP contribution in [0.3, 0.4) is 0 Å². The van der Waals surface area contributed by atoms with E-state index in [0.29, 0.717) is 5.92 Å². The second-order valence-electron chi connectivity index (χ2n) is 5.38. The number of imidazole rings is 1. The summed E-state index contributed by atoms with van der Waals surface area (Å²) >= 11 is 0. The molecule has 0 bridgehead atoms. The van der Waals surface area contributed by atoms with Crippen molar-refractivity contribution in [3.63, 3.8) is 0 Å². The van der Waals surface area contributed by atoms with Crippen molar-refractivity contribution in [1.82, 2.24) is 9.55 Å². The van der Waals surface area contributed by atoms with E-state index < -0.39 is 0 Å². The molecule has 4 rings (SSSR count). The Morgan fingerprint density at radius 3 is 2.94 bits per heavy atom. The smallest absolute Gasteiger partial charge is 0.0956 e. The Balaban J connectivity index is 1.89. The first-order valence-corrected chi connectivity index (χ1v) is 6.65. The molecule has 2 aromatic rings. The second-order valence-corrected chi connectivity index (χ2v) is 5.38. The van der Waals surface area contributed by atoms with Crippen molar-refractivity contribution in [1.29, 1.82) is 0 Å². The van der Waals surface area contributed by atoms with Crippen LogP contribution in [0.1, 0.15) is 30.9 Å². The average molecular weight is 240 g/mol. The summed E-state index contributed by atoms with van der Waals surface area (Å²) in [5, 5.41) is 10.2. The largest absolute Gasteiger partial charge is 0.393 e. The maximum atomic E-state index is 10.2. The molecule has 1 N–H and O–H groups in total. The van der Waals surface area contributed by atoms with Crippen molar-refractivity contribution in [2.45, 2.75) is 31.4 Å². The fourth-order valence-electron chi connectivity index (χ4n) is 3.65. The molecule has 0 saturated heterocycles. The molecule has 3 heteroatoms. The first-order valence-electron chi connectivity index (χ1n) is 6.65. The maximum absolute atomic E-state index is 10.2. The van der Waals surface area contributed by atoms with Gasteiger partial charge >= 0.3 is 0 Å². The van der Waals surface area contributed by atoms with E-state index in [2.05, 4.69) is 33.8 Å². The molecule has 3 nitrogen and oxygen atoms in total. The van der Waals surface area contributed by atoms with Crippen LogP contribution in [0.5, 0.6) is 0 Å². The monoisotopic (exact) mass is 240 g/mol. The first kappa shape index (κ1) is 10.3. The zero-order valence-electron chi connectivity index (χ0n) is 10.2. The summed E-state index contributed by atoms with van der Waals surface area (Å²) in [7, 11) is 0. The van der Waals surface area contributed by atoms with Crippen LogP contribution in [0.25, 0.3) is 11.3 Å². The second kappa shape index (κ2) is 3.69. The van der Waals surface area contributed by atoms with Gasteiger partial charge in [0.2, 0.25) is 0 Å². The van der Waals surface area contributed by atoms with Crippen LogP contribution in [0.2, 0.25) is 0 Å². The number of aliphatic hydroxyl groups is 1. The van der Waals surface area contributed by atoms with Crippen LogP contribution in [-0.4, -0.2) is 20.8 Å². The Bertz CT molecular complexity index is 590. The number of aliphatic hydroxyl groups excluding tert-OH is 1. The van der Waals surface area contributed by atoms with E-state index in [1.54, 1.807) is 0 Å². The third-order valence-electron chi connectivity index (χ3n) is 4.46. The van der Waals surface area contributed by atoms with E-state index in [0.717, 1.165) is 19.3 Å². The number of benzene rings is 1. The Kier molecular flexibility index (Phi) is 2.12. The Hall–Kier alpha value is -1.61. The van der Waals surface area contributed by atoms with Crippen LogP contribution < -0.4 is 0 Å². The van der Waals surface area contributed by atoms with Crippen molar-refractivity contribution in [2.75, 3.05) is 0 Å². The molecule has 2 unspecified atom stereocenters. The van der Waals surface area contributed by atoms with E-state index in [1.807, 2.05) is 12.5 Å². The molecule has 1 aromatic carbocycles. The van der Waals surface area contributed by atoms with E-state index in [9.17, 15) is 5.11 Å². The Morgan fingerprint density at radius 2 is 2.11 bits per heavy atom. The molecular formula is C15H16N2O. The lowest BCUT2D eigenvalue weighted by Gasteiger charge is -2.24. The number of rotatable bonds is 1. The first-order chi connectivity index (χ1) is 8.86. The fourth-order valence-corrected chi connectivity index (χ4v) is 3.65. The highest BCUT2D eigenvalue weighted by Gasteiger charge is 2.39. The SMILES string of the molecule is OC1CCCC1[C@H]1c2ccccc2-c2cncn21. The minimum absolute atomic E-state index is 0.170. The lowest BCUT2D eigenvalue weighted by Crippen LogP contribution is -2.24. The van der Waals surface area contributed by atoms with Gasteiger partial charge in [-0.25, -0.2) is 4.98 Å². The third-order valence-corrected chi connectivity index (χ3v) is 4.46. The van der Waals surface area contributed by atoms with Gasteiger partial charge in [0.05, 0.1) is 30.4 Å². The average Bonchev–Trinajstić information content (AvgIpc) is 3.05. The molecule has 1 aliphatic carbocycles. The van der Waals surface area contributed by atoms with E-state index >= 15 is 0 Å². The van der Waals surface area contributed by atoms with Crippen LogP contribution in [0.15, 0.2) is 36.8 Å². The van der Waals surface area contributed by atoms with Gasteiger partial charge in [-0.3, -0.25) is 0 Å². The number of nitrogens with zero attached hydrogens (tertiary/aromatic N) is 2. The van der Waals surface area contributed by atoms with E-state index in [4.69, 9.17) is 0 Å². The molecule has 92 valence electrons. The van der Waals surface area contributed by atoms with Crippen LogP contribution >= 0.6 is 0 Å². The van der Waals surface area contributed by atoms with Crippen molar-refractivity contribution >= 4 is 0 Å². The molecule has 18 heavy (non-hydrogen) atoms. The summed E-state index contributed by atoms with van der Waals surface area (Å²) in [6.07, 6.45) is 6.85. The summed E-state index contributed by atoms with van der Waals surface area (Å²) < 4.78 is 2.24. The summed E-state index contributed by atoms with van der Waals surface area (Å²) in [5.74, 6) is 0.335. The maximum Gasteiger partial charge on any atom is 0.0956 e. The normalized spacial score (nSPS) is 29.3. The van der Waals surface area contributed by atoms with E-state index in [1.165, 1.54) is 16.8 Å². The van der Waals surface area contributed by atoms with Crippen molar-refractivity contribution in [2.24, 2.45) is 5.92 Å². The summed E-state index contributed by atoms with van der Waals surface area (Å²) in [6, 6.07) is 8.79. The zero-order valence-corrected chi connectivity index (χ0v) is 10.2. The molecule has 0 radical (unpaired) electrons. The van der Waals surface area contributed by atoms with Gasteiger partial charge in [-0.2, -0.15) is 0 Å². The quantitative estimate of drug-likeness (QED) is 0.832. The molecule has 3 atom stereocenters. The van der Waals surface area contributed by atoms with Crippen molar-refractivity contribution in [3.8, 4) is 11.3 Å². The predicted molar refractivity (Wildman–Crippen MR) is 69.1 cm³/mol. The highest BCUT2D eigenvalue weighted by Crippen LogP contribution is 2.47. The van der Waals surface area contributed by atoms with Crippen LogP contribution in [0, 0.1) is 5.92 Å². The standard InChI is InChI=1S/C15H16N2O/c18-14-7-3-6-12(14)15-11-5-2-1-4-10(11)13-8-16-9-17(13)15/h1-2,4-5,8-9,12,14-15,18H,3,6-7H2/t12?,14?,15-/m1/s1. The van der Waals surface area contributed by atoms with Gasteiger partial charge in [0, 0.05) is 11.5 Å². The van der Waals surface area contributed by atoms with Gasteiger partial charge in [-0.1, -0.05) is 30.7 Å². The molecule has 2 aliphatic rings. The van der Waals surface area contributed by atoms with Gasteiger partial charge in [0.1, 0.15) is 0 Å². The van der Waals surface area contributed by atoms with Gasteiger partial charge < -0.3 is 9.67 Å². The molecule has 1 aliphatic heterocycles. The van der Waals surface area contributed by atoms with Crippen LogP contribution in [0.4, 0.5) is 0 Å². The Labute approximate surface area is 106 Å². The summed E-state index contributed by atoms with van der Waals surface area (Å²) in [4.78, 5) is 4.27. The molecule has 1 fully saturated rings. The predicted octanol–water partition coefficient (Wildman–Crippen LogP) is 2.61. The number of hydrogen-bond donors (Lipinski definition) is 1. The molecule has 0 spiro atoms. The molecule has 1 aromatic heterocycles. The van der Waals surface area contributed by atoms with Gasteiger partial charge in [0.25, 0.3) is 0 Å². The van der Waals surface area contributed by atoms with E-state index in [-0.39, 0.29) is 12.1 Å². The minimum Gasteiger partial charge on any atom is -0.393 e. The highest BCUT2D eigenvalue weighted by molar-refractivity contribution is 5.69. The molecule has 0 amide bonds. The molecule has 1 saturated carbocycles. The van der Waals surface area contributed by atoms with Crippen molar-refractivity contribution < 1.29 is 5.11 Å². The van der Waals surface area contributed by atoms with Gasteiger partial charge in [-0.05, 0) is 18.4 Å². The highest BCUT2D eigenvalue weighted by atomic mass is 16.3. The third kappa shape index (κ3) is 1.25. The molecular weight excluding hydrogens is 224 g/mol. The fraction of sp³-hybridized carbons (Fsp3) is 0.400. The zero-order chi connectivity index (χ0) is 12.1. The topological polar surface area (TPSA) is 38.1 Å². The van der Waals surface area contributed by atoms with Gasteiger partial charge in [0.15, 0.2) is 0 Å². The molecule has 2 heterocycles. The number of hydrogen-bond acceptors (Lipinski definition) is 2. The van der Waals surface area contributed by atoms with Crippen LogP contribution in [-0.2, 0) is 0 Å². The summed E-state index contributed by atoms with van der Waals surface area (Å²) in [5.41, 5.74) is 3.81. The lowest BCUT2D eigenvalue weighted by molar-refractivity contribution is 0.112. The number of fused-ring (bicyclic) bond motifs is 3. The van der Waals surface area contributed by atoms with Crippen molar-refractivity contribution in [3.05, 3.63) is 42.4 Å². The Morgan fingerprint density at radius 1 is 1.22 bits per heavy atom. The number of aromatic nitrogens is 2. The minimum atomic E-state index is -0.170. The lowest BCUT2D eigenvalue weighted by atomic mass is 9.90.